The van der Waals surface area contributed by atoms with Crippen LogP contribution in [0.1, 0.15) is 19.4 Å². The predicted molar refractivity (Wildman–Crippen MR) is 72.3 cm³/mol. The monoisotopic (exact) mass is 277 g/mol. The van der Waals surface area contributed by atoms with E-state index in [1.165, 1.54) is 13.8 Å². The van der Waals surface area contributed by atoms with Crippen molar-refractivity contribution in [3.8, 4) is 0 Å². The zero-order valence-corrected chi connectivity index (χ0v) is 11.4. The molecular formula is C14H17N2O4. The Labute approximate surface area is 117 Å². The molecule has 20 heavy (non-hydrogen) atoms. The Bertz CT molecular complexity index is 473. The topological polar surface area (TPSA) is 89.7 Å². The molecule has 1 rings (SSSR count). The second kappa shape index (κ2) is 7.40. The van der Waals surface area contributed by atoms with Gasteiger partial charge in [-0.05, 0) is 19.4 Å². The molecular weight excluding hydrogens is 260 g/mol. The Morgan fingerprint density at radius 2 is 1.90 bits per heavy atom. The molecule has 1 radical (unpaired) electrons. The molecule has 0 saturated carbocycles. The lowest BCUT2D eigenvalue weighted by atomic mass is 10.2. The van der Waals surface area contributed by atoms with Gasteiger partial charge in [0, 0.05) is 0 Å². The minimum atomic E-state index is -1.04. The number of carbonyl (C=O) groups excluding carboxylic acids is 3. The molecule has 2 atom stereocenters. The van der Waals surface area contributed by atoms with Crippen LogP contribution in [0, 0.1) is 0 Å². The van der Waals surface area contributed by atoms with Crippen molar-refractivity contribution in [3.63, 3.8) is 0 Å². The Hall–Kier alpha value is -2.21. The van der Waals surface area contributed by atoms with Crippen LogP contribution in [0.15, 0.2) is 30.3 Å². The summed E-state index contributed by atoms with van der Waals surface area (Å²) in [5.41, 5.74) is 6.22. The highest BCUT2D eigenvalue weighted by Crippen LogP contribution is 2.07. The fourth-order valence-electron chi connectivity index (χ4n) is 1.50. The van der Waals surface area contributed by atoms with Gasteiger partial charge in [-0.25, -0.2) is 9.69 Å². The molecule has 0 aliphatic heterocycles. The van der Waals surface area contributed by atoms with Crippen molar-refractivity contribution in [2.75, 3.05) is 0 Å². The van der Waals surface area contributed by atoms with E-state index in [2.05, 4.69) is 0 Å². The quantitative estimate of drug-likeness (QED) is 0.867. The maximum Gasteiger partial charge on any atom is 0.417 e. The number of carbonyl (C=O) groups is 2. The highest BCUT2D eigenvalue weighted by Gasteiger charge is 2.30. The number of nitrogens with two attached hydrogens (primary N) is 1. The van der Waals surface area contributed by atoms with E-state index < -0.39 is 24.1 Å². The lowest BCUT2D eigenvalue weighted by molar-refractivity contribution is -0.131. The van der Waals surface area contributed by atoms with E-state index >= 15 is 0 Å². The van der Waals surface area contributed by atoms with Gasteiger partial charge < -0.3 is 10.5 Å². The summed E-state index contributed by atoms with van der Waals surface area (Å²) >= 11 is 0. The number of benzene rings is 1. The SMILES string of the molecule is C[C@H](N)C(=O)N(C(=O)OCc1ccccc1)[C@@H](C)[C]=O. The van der Waals surface area contributed by atoms with Gasteiger partial charge in [-0.2, -0.15) is 0 Å². The van der Waals surface area contributed by atoms with Crippen LogP contribution in [-0.4, -0.2) is 35.3 Å². The van der Waals surface area contributed by atoms with E-state index in [-0.39, 0.29) is 6.61 Å². The predicted octanol–water partition coefficient (Wildman–Crippen LogP) is 0.997. The summed E-state index contributed by atoms with van der Waals surface area (Å²) in [4.78, 5) is 35.1. The highest BCUT2D eigenvalue weighted by molar-refractivity contribution is 5.97. The van der Waals surface area contributed by atoms with Gasteiger partial charge in [0.1, 0.15) is 12.6 Å². The summed E-state index contributed by atoms with van der Waals surface area (Å²) in [6, 6.07) is 7.04. The van der Waals surface area contributed by atoms with E-state index in [1.54, 1.807) is 30.6 Å². The first kappa shape index (κ1) is 15.8. The molecule has 0 aromatic heterocycles. The normalized spacial score (nSPS) is 13.2. The van der Waals surface area contributed by atoms with E-state index in [9.17, 15) is 14.4 Å². The summed E-state index contributed by atoms with van der Waals surface area (Å²) in [5, 5.41) is 0. The van der Waals surface area contributed by atoms with Crippen molar-refractivity contribution < 1.29 is 19.1 Å². The van der Waals surface area contributed by atoms with Crippen LogP contribution < -0.4 is 5.73 Å². The lowest BCUT2D eigenvalue weighted by Gasteiger charge is -2.24. The number of hydrogen-bond acceptors (Lipinski definition) is 5. The zero-order valence-electron chi connectivity index (χ0n) is 11.4. The molecule has 0 heterocycles. The number of imide groups is 1. The molecule has 0 aliphatic rings. The van der Waals surface area contributed by atoms with E-state index in [4.69, 9.17) is 10.5 Å². The standard InChI is InChI=1S/C14H17N2O4/c1-10(8-17)16(13(18)11(2)15)14(19)20-9-12-6-4-3-5-7-12/h3-7,10-11H,9,15H2,1-2H3/t10-,11-/m0/s1. The molecule has 6 heteroatoms. The summed E-state index contributed by atoms with van der Waals surface area (Å²) in [6.45, 7) is 2.81. The summed E-state index contributed by atoms with van der Waals surface area (Å²) in [6.07, 6.45) is 0.668. The highest BCUT2D eigenvalue weighted by atomic mass is 16.6. The van der Waals surface area contributed by atoms with Crippen LogP contribution in [0.2, 0.25) is 0 Å². The van der Waals surface area contributed by atoms with Crippen molar-refractivity contribution in [3.05, 3.63) is 35.9 Å². The number of hydrogen-bond donors (Lipinski definition) is 1. The number of nitrogens with zero attached hydrogens (tertiary/aromatic N) is 1. The minimum absolute atomic E-state index is 0.00792. The van der Waals surface area contributed by atoms with E-state index in [0.717, 1.165) is 5.56 Å². The van der Waals surface area contributed by atoms with Gasteiger partial charge in [-0.1, -0.05) is 30.3 Å². The minimum Gasteiger partial charge on any atom is -0.444 e. The molecule has 0 saturated heterocycles. The van der Waals surface area contributed by atoms with Crippen molar-refractivity contribution in [2.24, 2.45) is 5.73 Å². The molecule has 1 aromatic rings. The van der Waals surface area contributed by atoms with Gasteiger partial charge in [0.15, 0.2) is 0 Å². The fraction of sp³-hybridized carbons (Fsp3) is 0.357. The van der Waals surface area contributed by atoms with Crippen LogP contribution in [0.5, 0.6) is 0 Å². The van der Waals surface area contributed by atoms with Gasteiger partial charge in [-0.3, -0.25) is 9.59 Å². The molecule has 0 spiro atoms. The Morgan fingerprint density at radius 1 is 1.30 bits per heavy atom. The Kier molecular flexibility index (Phi) is 5.86. The van der Waals surface area contributed by atoms with Crippen LogP contribution in [0.3, 0.4) is 0 Å². The van der Waals surface area contributed by atoms with Gasteiger partial charge in [0.2, 0.25) is 12.2 Å². The van der Waals surface area contributed by atoms with E-state index in [0.29, 0.717) is 4.90 Å². The lowest BCUT2D eigenvalue weighted by Crippen LogP contribution is -2.50. The molecule has 1 aromatic carbocycles. The Balaban J connectivity index is 2.73. The maximum atomic E-state index is 11.9. The van der Waals surface area contributed by atoms with Crippen molar-refractivity contribution in [1.82, 2.24) is 4.90 Å². The third-order valence-electron chi connectivity index (χ3n) is 2.59. The molecule has 6 nitrogen and oxygen atoms in total. The summed E-state index contributed by atoms with van der Waals surface area (Å²) in [7, 11) is 0. The molecule has 0 bridgehead atoms. The average molecular weight is 277 g/mol. The average Bonchev–Trinajstić information content (AvgIpc) is 2.45. The first-order valence-corrected chi connectivity index (χ1v) is 6.14. The summed E-state index contributed by atoms with van der Waals surface area (Å²) < 4.78 is 5.02. The maximum absolute atomic E-state index is 11.9. The molecule has 0 unspecified atom stereocenters. The van der Waals surface area contributed by atoms with Gasteiger partial charge in [0.05, 0.1) is 6.04 Å². The largest absolute Gasteiger partial charge is 0.444 e. The number of rotatable bonds is 5. The van der Waals surface area contributed by atoms with Crippen molar-refractivity contribution >= 4 is 18.3 Å². The van der Waals surface area contributed by atoms with Crippen molar-refractivity contribution in [1.29, 1.82) is 0 Å². The second-order valence-electron chi connectivity index (χ2n) is 4.33. The van der Waals surface area contributed by atoms with Crippen molar-refractivity contribution in [2.45, 2.75) is 32.5 Å². The fourth-order valence-corrected chi connectivity index (χ4v) is 1.50. The third kappa shape index (κ3) is 4.17. The van der Waals surface area contributed by atoms with Gasteiger partial charge in [0.25, 0.3) is 0 Å². The smallest absolute Gasteiger partial charge is 0.417 e. The van der Waals surface area contributed by atoms with Crippen LogP contribution >= 0.6 is 0 Å². The first-order valence-electron chi connectivity index (χ1n) is 6.14. The number of ether oxygens (including phenoxy) is 1. The van der Waals surface area contributed by atoms with E-state index in [1.807, 2.05) is 6.07 Å². The third-order valence-corrected chi connectivity index (χ3v) is 2.59. The Morgan fingerprint density at radius 3 is 2.40 bits per heavy atom. The van der Waals surface area contributed by atoms with Crippen LogP contribution in [0.4, 0.5) is 4.79 Å². The molecule has 2 amide bonds. The molecule has 0 fully saturated rings. The molecule has 107 valence electrons. The summed E-state index contributed by atoms with van der Waals surface area (Å²) in [5.74, 6) is -0.682. The number of amides is 2. The molecule has 0 aliphatic carbocycles. The zero-order chi connectivity index (χ0) is 15.1. The van der Waals surface area contributed by atoms with Gasteiger partial charge in [-0.15, -0.1) is 0 Å². The van der Waals surface area contributed by atoms with Crippen LogP contribution in [-0.2, 0) is 20.9 Å². The first-order chi connectivity index (χ1) is 9.47. The second-order valence-corrected chi connectivity index (χ2v) is 4.33. The molecule has 2 N–H and O–H groups in total. The van der Waals surface area contributed by atoms with Crippen LogP contribution in [0.25, 0.3) is 0 Å². The van der Waals surface area contributed by atoms with Gasteiger partial charge >= 0.3 is 6.09 Å².